The third-order valence-electron chi connectivity index (χ3n) is 2.21. The zero-order valence-corrected chi connectivity index (χ0v) is 8.31. The van der Waals surface area contributed by atoms with Crippen molar-refractivity contribution in [2.45, 2.75) is 20.3 Å². The fourth-order valence-corrected chi connectivity index (χ4v) is 1.34. The molecule has 0 N–H and O–H groups in total. The molecule has 0 radical (unpaired) electrons. The second-order valence-corrected chi connectivity index (χ2v) is 3.16. The minimum Gasteiger partial charge on any atom is -0.198 e. The van der Waals surface area contributed by atoms with Gasteiger partial charge < -0.3 is 0 Å². The van der Waals surface area contributed by atoms with E-state index in [4.69, 9.17) is 0 Å². The van der Waals surface area contributed by atoms with Crippen molar-refractivity contribution in [1.82, 2.24) is 20.2 Å². The van der Waals surface area contributed by atoms with Gasteiger partial charge in [0, 0.05) is 0 Å². The average molecular weight is 188 g/mol. The SMILES string of the molecule is CCc1ccc(-n2nnnc2C)cc1. The second kappa shape index (κ2) is 3.57. The Kier molecular flexibility index (Phi) is 2.26. The molecule has 0 fully saturated rings. The first-order valence-corrected chi connectivity index (χ1v) is 4.65. The molecule has 2 aromatic rings. The summed E-state index contributed by atoms with van der Waals surface area (Å²) in [6, 6.07) is 8.25. The van der Waals surface area contributed by atoms with Gasteiger partial charge in [-0.2, -0.15) is 4.68 Å². The van der Waals surface area contributed by atoms with Crippen LogP contribution in [0.2, 0.25) is 0 Å². The largest absolute Gasteiger partial charge is 0.198 e. The Labute approximate surface area is 82.6 Å². The summed E-state index contributed by atoms with van der Waals surface area (Å²) in [5, 5.41) is 11.3. The van der Waals surface area contributed by atoms with Crippen molar-refractivity contribution in [3.8, 4) is 5.69 Å². The fourth-order valence-electron chi connectivity index (χ4n) is 1.34. The minimum absolute atomic E-state index is 0.800. The van der Waals surface area contributed by atoms with Crippen LogP contribution in [0.3, 0.4) is 0 Å². The molecule has 72 valence electrons. The molecule has 0 amide bonds. The maximum atomic E-state index is 3.90. The second-order valence-electron chi connectivity index (χ2n) is 3.16. The van der Waals surface area contributed by atoms with Gasteiger partial charge in [0.25, 0.3) is 0 Å². The topological polar surface area (TPSA) is 43.6 Å². The summed E-state index contributed by atoms with van der Waals surface area (Å²) in [7, 11) is 0. The smallest absolute Gasteiger partial charge is 0.153 e. The van der Waals surface area contributed by atoms with E-state index in [9.17, 15) is 0 Å². The molecule has 4 heteroatoms. The predicted octanol–water partition coefficient (Wildman–Crippen LogP) is 1.53. The molecule has 0 spiro atoms. The zero-order valence-electron chi connectivity index (χ0n) is 8.31. The zero-order chi connectivity index (χ0) is 9.97. The minimum atomic E-state index is 0.800. The Morgan fingerprint density at radius 3 is 2.43 bits per heavy atom. The van der Waals surface area contributed by atoms with Gasteiger partial charge in [-0.1, -0.05) is 19.1 Å². The predicted molar refractivity (Wildman–Crippen MR) is 53.3 cm³/mol. The summed E-state index contributed by atoms with van der Waals surface area (Å²) in [6.07, 6.45) is 1.05. The molecular formula is C10H12N4. The van der Waals surface area contributed by atoms with Crippen molar-refractivity contribution in [2.24, 2.45) is 0 Å². The Morgan fingerprint density at radius 2 is 1.93 bits per heavy atom. The van der Waals surface area contributed by atoms with Crippen LogP contribution >= 0.6 is 0 Å². The molecule has 0 unspecified atom stereocenters. The van der Waals surface area contributed by atoms with Crippen LogP contribution in [-0.2, 0) is 6.42 Å². The quantitative estimate of drug-likeness (QED) is 0.717. The molecule has 0 aliphatic rings. The molecule has 2 rings (SSSR count). The summed E-state index contributed by atoms with van der Waals surface area (Å²) in [5.41, 5.74) is 2.32. The molecule has 0 aliphatic carbocycles. The van der Waals surface area contributed by atoms with Crippen molar-refractivity contribution < 1.29 is 0 Å². The third kappa shape index (κ3) is 1.51. The summed E-state index contributed by atoms with van der Waals surface area (Å²) in [4.78, 5) is 0. The number of nitrogens with zero attached hydrogens (tertiary/aromatic N) is 4. The highest BCUT2D eigenvalue weighted by Crippen LogP contribution is 2.09. The van der Waals surface area contributed by atoms with Gasteiger partial charge in [-0.25, -0.2) is 0 Å². The number of benzene rings is 1. The summed E-state index contributed by atoms with van der Waals surface area (Å²) >= 11 is 0. The third-order valence-corrected chi connectivity index (χ3v) is 2.21. The standard InChI is InChI=1S/C10H12N4/c1-3-9-4-6-10(7-5-9)14-8(2)11-12-13-14/h4-7H,3H2,1-2H3. The fraction of sp³-hybridized carbons (Fsp3) is 0.300. The number of hydrogen-bond acceptors (Lipinski definition) is 3. The first kappa shape index (κ1) is 8.87. The van der Waals surface area contributed by atoms with Crippen LogP contribution in [-0.4, -0.2) is 20.2 Å². The van der Waals surface area contributed by atoms with Gasteiger partial charge in [0.15, 0.2) is 5.82 Å². The van der Waals surface area contributed by atoms with Crippen LogP contribution in [0.5, 0.6) is 0 Å². The lowest BCUT2D eigenvalue weighted by Gasteiger charge is -2.02. The summed E-state index contributed by atoms with van der Waals surface area (Å²) < 4.78 is 1.72. The number of tetrazole rings is 1. The van der Waals surface area contributed by atoms with E-state index in [1.807, 2.05) is 19.1 Å². The molecule has 4 nitrogen and oxygen atoms in total. The van der Waals surface area contributed by atoms with Crippen LogP contribution in [0.15, 0.2) is 24.3 Å². The van der Waals surface area contributed by atoms with E-state index in [0.717, 1.165) is 17.9 Å². The lowest BCUT2D eigenvalue weighted by atomic mass is 10.1. The molecular weight excluding hydrogens is 176 g/mol. The van der Waals surface area contributed by atoms with Crippen molar-refractivity contribution >= 4 is 0 Å². The normalized spacial score (nSPS) is 10.4. The Hall–Kier alpha value is -1.71. The number of hydrogen-bond donors (Lipinski definition) is 0. The number of rotatable bonds is 2. The lowest BCUT2D eigenvalue weighted by Crippen LogP contribution is -1.99. The highest BCUT2D eigenvalue weighted by Gasteiger charge is 2.01. The van der Waals surface area contributed by atoms with Gasteiger partial charge in [-0.3, -0.25) is 0 Å². The molecule has 1 aromatic heterocycles. The first-order chi connectivity index (χ1) is 6.81. The van der Waals surface area contributed by atoms with E-state index < -0.39 is 0 Å². The molecule has 14 heavy (non-hydrogen) atoms. The monoisotopic (exact) mass is 188 g/mol. The van der Waals surface area contributed by atoms with Crippen LogP contribution in [0.25, 0.3) is 5.69 Å². The molecule has 0 saturated carbocycles. The Bertz CT molecular complexity index is 416. The van der Waals surface area contributed by atoms with Crippen molar-refractivity contribution in [3.63, 3.8) is 0 Å². The van der Waals surface area contributed by atoms with Crippen LogP contribution < -0.4 is 0 Å². The summed E-state index contributed by atoms with van der Waals surface area (Å²) in [5.74, 6) is 0.800. The highest BCUT2D eigenvalue weighted by atomic mass is 15.5. The maximum Gasteiger partial charge on any atom is 0.153 e. The molecule has 0 saturated heterocycles. The first-order valence-electron chi connectivity index (χ1n) is 4.65. The molecule has 0 atom stereocenters. The van der Waals surface area contributed by atoms with Gasteiger partial charge in [0.1, 0.15) is 0 Å². The van der Waals surface area contributed by atoms with Gasteiger partial charge in [-0.05, 0) is 41.5 Å². The maximum absolute atomic E-state index is 3.90. The van der Waals surface area contributed by atoms with Crippen molar-refractivity contribution in [2.75, 3.05) is 0 Å². The van der Waals surface area contributed by atoms with Gasteiger partial charge in [-0.15, -0.1) is 5.10 Å². The lowest BCUT2D eigenvalue weighted by molar-refractivity contribution is 0.779. The van der Waals surface area contributed by atoms with E-state index in [1.165, 1.54) is 5.56 Å². The molecule has 1 aromatic carbocycles. The number of aryl methyl sites for hydroxylation is 2. The summed E-state index contributed by atoms with van der Waals surface area (Å²) in [6.45, 7) is 4.02. The van der Waals surface area contributed by atoms with E-state index in [-0.39, 0.29) is 0 Å². The van der Waals surface area contributed by atoms with Crippen LogP contribution in [0.4, 0.5) is 0 Å². The van der Waals surface area contributed by atoms with Gasteiger partial charge in [0.05, 0.1) is 5.69 Å². The highest BCUT2D eigenvalue weighted by molar-refractivity contribution is 5.33. The van der Waals surface area contributed by atoms with E-state index >= 15 is 0 Å². The van der Waals surface area contributed by atoms with Crippen molar-refractivity contribution in [1.29, 1.82) is 0 Å². The molecule has 0 bridgehead atoms. The van der Waals surface area contributed by atoms with E-state index in [2.05, 4.69) is 34.6 Å². The van der Waals surface area contributed by atoms with Gasteiger partial charge >= 0.3 is 0 Å². The molecule has 1 heterocycles. The average Bonchev–Trinajstić information content (AvgIpc) is 2.65. The van der Waals surface area contributed by atoms with Crippen LogP contribution in [0, 0.1) is 6.92 Å². The van der Waals surface area contributed by atoms with Gasteiger partial charge in [0.2, 0.25) is 0 Å². The number of aromatic nitrogens is 4. The van der Waals surface area contributed by atoms with E-state index in [1.54, 1.807) is 4.68 Å². The Morgan fingerprint density at radius 1 is 1.21 bits per heavy atom. The Balaban J connectivity index is 2.39. The van der Waals surface area contributed by atoms with Crippen molar-refractivity contribution in [3.05, 3.63) is 35.7 Å². The molecule has 0 aliphatic heterocycles. The van der Waals surface area contributed by atoms with E-state index in [0.29, 0.717) is 0 Å². The van der Waals surface area contributed by atoms with Crippen LogP contribution in [0.1, 0.15) is 18.3 Å².